The van der Waals surface area contributed by atoms with E-state index in [1.165, 1.54) is 0 Å². The maximum atomic E-state index is 9.68. The van der Waals surface area contributed by atoms with Crippen LogP contribution in [-0.2, 0) is 23.1 Å². The Bertz CT molecular complexity index is 332. The Balaban J connectivity index is 2.08. The number of hydrogen-bond donors (Lipinski definition) is 2. The van der Waals surface area contributed by atoms with Crippen LogP contribution in [0, 0.1) is 0 Å². The average molecular weight is 258 g/mol. The molecule has 2 atom stereocenters. The first-order valence-electron chi connectivity index (χ1n) is 5.95. The third-order valence-electron chi connectivity index (χ3n) is 2.28. The van der Waals surface area contributed by atoms with Gasteiger partial charge < -0.3 is 19.9 Å². The molecule has 1 rings (SSSR count). The topological polar surface area (TPSA) is 81.4 Å². The van der Waals surface area contributed by atoms with E-state index in [1.807, 2.05) is 14.0 Å². The van der Waals surface area contributed by atoms with Crippen LogP contribution in [-0.4, -0.2) is 58.9 Å². The van der Waals surface area contributed by atoms with Gasteiger partial charge in [-0.25, -0.2) is 4.98 Å². The third-order valence-corrected chi connectivity index (χ3v) is 2.28. The molecule has 0 amide bonds. The van der Waals surface area contributed by atoms with Crippen molar-refractivity contribution < 1.29 is 14.6 Å². The van der Waals surface area contributed by atoms with Gasteiger partial charge in [0, 0.05) is 20.7 Å². The number of methoxy groups -OCH3 is 1. The standard InChI is InChI=1S/C11H22N4O3/c1-9(6-17-3)18-7-10(16)4-12-5-11-13-8-15(2)14-11/h8-10,12,16H,4-7H2,1-3H3. The lowest BCUT2D eigenvalue weighted by Gasteiger charge is -2.15. The van der Waals surface area contributed by atoms with Gasteiger partial charge in [0.05, 0.1) is 32.0 Å². The smallest absolute Gasteiger partial charge is 0.164 e. The number of nitrogens with zero attached hydrogens (tertiary/aromatic N) is 3. The quantitative estimate of drug-likeness (QED) is 0.610. The number of aliphatic hydroxyl groups excluding tert-OH is 1. The normalized spacial score (nSPS) is 14.7. The summed E-state index contributed by atoms with van der Waals surface area (Å²) in [6.45, 7) is 3.69. The molecule has 0 saturated heterocycles. The SMILES string of the molecule is COCC(C)OCC(O)CNCc1ncn(C)n1. The zero-order chi connectivity index (χ0) is 13.4. The first-order valence-corrected chi connectivity index (χ1v) is 5.95. The molecule has 2 N–H and O–H groups in total. The van der Waals surface area contributed by atoms with Crippen molar-refractivity contribution in [1.29, 1.82) is 0 Å². The van der Waals surface area contributed by atoms with Crippen molar-refractivity contribution in [2.75, 3.05) is 26.9 Å². The second-order valence-electron chi connectivity index (χ2n) is 4.22. The second kappa shape index (κ2) is 8.15. The molecule has 0 radical (unpaired) electrons. The van der Waals surface area contributed by atoms with E-state index < -0.39 is 6.10 Å². The molecule has 0 aliphatic carbocycles. The Hall–Kier alpha value is -1.02. The van der Waals surface area contributed by atoms with Gasteiger partial charge in [-0.05, 0) is 6.92 Å². The van der Waals surface area contributed by atoms with Gasteiger partial charge in [0.25, 0.3) is 0 Å². The molecule has 7 heteroatoms. The van der Waals surface area contributed by atoms with E-state index in [0.717, 1.165) is 0 Å². The minimum atomic E-state index is -0.548. The zero-order valence-electron chi connectivity index (χ0n) is 11.2. The maximum Gasteiger partial charge on any atom is 0.164 e. The Labute approximate surface area is 107 Å². The highest BCUT2D eigenvalue weighted by molar-refractivity contribution is 4.80. The summed E-state index contributed by atoms with van der Waals surface area (Å²) in [6.07, 6.45) is 1.08. The summed E-state index contributed by atoms with van der Waals surface area (Å²) in [5.41, 5.74) is 0. The molecule has 1 aromatic heterocycles. The molecule has 0 aliphatic heterocycles. The van der Waals surface area contributed by atoms with Crippen LogP contribution in [0.3, 0.4) is 0 Å². The van der Waals surface area contributed by atoms with Gasteiger partial charge >= 0.3 is 0 Å². The first kappa shape index (κ1) is 15.0. The Morgan fingerprint density at radius 3 is 2.89 bits per heavy atom. The number of rotatable bonds is 9. The van der Waals surface area contributed by atoms with Crippen molar-refractivity contribution in [3.8, 4) is 0 Å². The lowest BCUT2D eigenvalue weighted by molar-refractivity contribution is -0.0311. The van der Waals surface area contributed by atoms with Crippen LogP contribution in [0.25, 0.3) is 0 Å². The molecule has 0 aromatic carbocycles. The van der Waals surface area contributed by atoms with Gasteiger partial charge in [-0.3, -0.25) is 4.68 Å². The van der Waals surface area contributed by atoms with Gasteiger partial charge in [-0.1, -0.05) is 0 Å². The van der Waals surface area contributed by atoms with E-state index in [-0.39, 0.29) is 12.7 Å². The molecule has 0 bridgehead atoms. The molecule has 0 saturated carbocycles. The van der Waals surface area contributed by atoms with Gasteiger partial charge in [0.2, 0.25) is 0 Å². The van der Waals surface area contributed by atoms with Crippen molar-refractivity contribution in [2.24, 2.45) is 7.05 Å². The third kappa shape index (κ3) is 6.06. The molecule has 1 heterocycles. The summed E-state index contributed by atoms with van der Waals surface area (Å²) < 4.78 is 12.0. The van der Waals surface area contributed by atoms with Crippen LogP contribution in [0.1, 0.15) is 12.7 Å². The van der Waals surface area contributed by atoms with Crippen LogP contribution in [0.5, 0.6) is 0 Å². The highest BCUT2D eigenvalue weighted by atomic mass is 16.5. The Morgan fingerprint density at radius 1 is 1.50 bits per heavy atom. The average Bonchev–Trinajstić information content (AvgIpc) is 2.73. The fourth-order valence-corrected chi connectivity index (χ4v) is 1.43. The largest absolute Gasteiger partial charge is 0.389 e. The number of nitrogens with one attached hydrogen (secondary N) is 1. The van der Waals surface area contributed by atoms with E-state index >= 15 is 0 Å². The van der Waals surface area contributed by atoms with E-state index in [4.69, 9.17) is 9.47 Å². The van der Waals surface area contributed by atoms with Gasteiger partial charge in [0.15, 0.2) is 5.82 Å². The number of aliphatic hydroxyl groups is 1. The van der Waals surface area contributed by atoms with E-state index in [2.05, 4.69) is 15.4 Å². The summed E-state index contributed by atoms with van der Waals surface area (Å²) >= 11 is 0. The molecular formula is C11H22N4O3. The highest BCUT2D eigenvalue weighted by Gasteiger charge is 2.08. The van der Waals surface area contributed by atoms with E-state index in [9.17, 15) is 5.11 Å². The molecular weight excluding hydrogens is 236 g/mol. The molecule has 1 aromatic rings. The molecule has 0 spiro atoms. The summed E-state index contributed by atoms with van der Waals surface area (Å²) in [5.74, 6) is 0.707. The minimum Gasteiger partial charge on any atom is -0.389 e. The van der Waals surface area contributed by atoms with Crippen molar-refractivity contribution in [3.63, 3.8) is 0 Å². The minimum absolute atomic E-state index is 0.0119. The van der Waals surface area contributed by atoms with Crippen LogP contribution in [0.2, 0.25) is 0 Å². The summed E-state index contributed by atoms with van der Waals surface area (Å²) in [5, 5.41) is 16.9. The summed E-state index contributed by atoms with van der Waals surface area (Å²) in [7, 11) is 3.44. The monoisotopic (exact) mass is 258 g/mol. The molecule has 18 heavy (non-hydrogen) atoms. The number of aromatic nitrogens is 3. The number of aryl methyl sites for hydroxylation is 1. The van der Waals surface area contributed by atoms with Crippen LogP contribution in [0.4, 0.5) is 0 Å². The second-order valence-corrected chi connectivity index (χ2v) is 4.22. The van der Waals surface area contributed by atoms with Gasteiger partial charge in [-0.2, -0.15) is 5.10 Å². The van der Waals surface area contributed by atoms with E-state index in [1.54, 1.807) is 18.1 Å². The lowest BCUT2D eigenvalue weighted by atomic mass is 10.3. The Morgan fingerprint density at radius 2 is 2.28 bits per heavy atom. The molecule has 0 aliphatic rings. The number of hydrogen-bond acceptors (Lipinski definition) is 6. The predicted molar refractivity (Wildman–Crippen MR) is 66.0 cm³/mol. The number of ether oxygens (including phenoxy) is 2. The highest BCUT2D eigenvalue weighted by Crippen LogP contribution is 1.94. The summed E-state index contributed by atoms with van der Waals surface area (Å²) in [6, 6.07) is 0. The maximum absolute atomic E-state index is 9.68. The fourth-order valence-electron chi connectivity index (χ4n) is 1.43. The molecule has 7 nitrogen and oxygen atoms in total. The Kier molecular flexibility index (Phi) is 6.81. The lowest BCUT2D eigenvalue weighted by Crippen LogP contribution is -2.32. The molecule has 0 fully saturated rings. The van der Waals surface area contributed by atoms with Gasteiger partial charge in [-0.15, -0.1) is 0 Å². The fraction of sp³-hybridized carbons (Fsp3) is 0.818. The van der Waals surface area contributed by atoms with Crippen LogP contribution < -0.4 is 5.32 Å². The van der Waals surface area contributed by atoms with Crippen molar-refractivity contribution in [1.82, 2.24) is 20.1 Å². The van der Waals surface area contributed by atoms with Gasteiger partial charge in [0.1, 0.15) is 6.33 Å². The van der Waals surface area contributed by atoms with Crippen molar-refractivity contribution >= 4 is 0 Å². The first-order chi connectivity index (χ1) is 8.61. The molecule has 2 unspecified atom stereocenters. The predicted octanol–water partition coefficient (Wildman–Crippen LogP) is -0.683. The van der Waals surface area contributed by atoms with Crippen LogP contribution >= 0.6 is 0 Å². The van der Waals surface area contributed by atoms with E-state index in [0.29, 0.717) is 25.5 Å². The van der Waals surface area contributed by atoms with Crippen LogP contribution in [0.15, 0.2) is 6.33 Å². The van der Waals surface area contributed by atoms with Crippen molar-refractivity contribution in [2.45, 2.75) is 25.7 Å². The van der Waals surface area contributed by atoms with Crippen molar-refractivity contribution in [3.05, 3.63) is 12.2 Å². The summed E-state index contributed by atoms with van der Waals surface area (Å²) in [4.78, 5) is 4.07. The zero-order valence-corrected chi connectivity index (χ0v) is 11.2. The molecule has 104 valence electrons.